The normalized spacial score (nSPS) is 24.5. The highest BCUT2D eigenvalue weighted by atomic mass is 16.4. The molecule has 0 aliphatic heterocycles. The number of rotatable bonds is 3. The molecule has 0 heterocycles. The maximum atomic E-state index is 11.3. The third kappa shape index (κ3) is 3.53. The van der Waals surface area contributed by atoms with Gasteiger partial charge < -0.3 is 10.4 Å². The Hall–Kier alpha value is -1.06. The van der Waals surface area contributed by atoms with Crippen LogP contribution in [-0.4, -0.2) is 23.0 Å². The second kappa shape index (κ2) is 4.64. The number of carbonyl (C=O) groups excluding carboxylic acids is 1. The molecule has 1 amide bonds. The maximum absolute atomic E-state index is 11.3. The summed E-state index contributed by atoms with van der Waals surface area (Å²) in [6.45, 7) is 4.25. The summed E-state index contributed by atoms with van der Waals surface area (Å²) < 4.78 is 0. The first-order chi connectivity index (χ1) is 6.92. The summed E-state index contributed by atoms with van der Waals surface area (Å²) in [6, 6.07) is 0.123. The Morgan fingerprint density at radius 3 is 2.60 bits per heavy atom. The van der Waals surface area contributed by atoms with Crippen molar-refractivity contribution in [1.82, 2.24) is 5.32 Å². The molecule has 0 radical (unpaired) electrons. The standard InChI is InChI=1S/C11H19NO3/c1-11(2)6-4-3-5-8(11)12-9(13)7-10(14)15/h8H,3-7H2,1-2H3,(H,12,13)(H,14,15). The molecule has 4 nitrogen and oxygen atoms in total. The lowest BCUT2D eigenvalue weighted by Crippen LogP contribution is -2.47. The van der Waals surface area contributed by atoms with Gasteiger partial charge in [-0.2, -0.15) is 0 Å². The van der Waals surface area contributed by atoms with Crippen molar-refractivity contribution in [3.63, 3.8) is 0 Å². The van der Waals surface area contributed by atoms with E-state index < -0.39 is 12.4 Å². The van der Waals surface area contributed by atoms with Crippen molar-refractivity contribution in [2.45, 2.75) is 52.0 Å². The summed E-state index contributed by atoms with van der Waals surface area (Å²) in [5.74, 6) is -1.44. The number of hydrogen-bond acceptors (Lipinski definition) is 2. The highest BCUT2D eigenvalue weighted by Gasteiger charge is 2.33. The Kier molecular flexibility index (Phi) is 3.72. The fraction of sp³-hybridized carbons (Fsp3) is 0.818. The first-order valence-corrected chi connectivity index (χ1v) is 5.43. The van der Waals surface area contributed by atoms with Crippen molar-refractivity contribution in [2.75, 3.05) is 0 Å². The number of carbonyl (C=O) groups is 2. The van der Waals surface area contributed by atoms with E-state index in [1.807, 2.05) is 0 Å². The van der Waals surface area contributed by atoms with Crippen molar-refractivity contribution >= 4 is 11.9 Å². The summed E-state index contributed by atoms with van der Waals surface area (Å²) in [5.41, 5.74) is 0.0897. The minimum absolute atomic E-state index is 0.0897. The van der Waals surface area contributed by atoms with E-state index in [0.29, 0.717) is 0 Å². The minimum Gasteiger partial charge on any atom is -0.481 e. The molecule has 4 heteroatoms. The fourth-order valence-corrected chi connectivity index (χ4v) is 2.14. The van der Waals surface area contributed by atoms with Crippen LogP contribution in [0.15, 0.2) is 0 Å². The molecule has 86 valence electrons. The van der Waals surface area contributed by atoms with E-state index in [0.717, 1.165) is 19.3 Å². The molecular weight excluding hydrogens is 194 g/mol. The largest absolute Gasteiger partial charge is 0.481 e. The van der Waals surface area contributed by atoms with E-state index in [1.165, 1.54) is 6.42 Å². The third-order valence-electron chi connectivity index (χ3n) is 3.15. The van der Waals surface area contributed by atoms with Gasteiger partial charge in [0.1, 0.15) is 6.42 Å². The lowest BCUT2D eigenvalue weighted by molar-refractivity contribution is -0.141. The SMILES string of the molecule is CC1(C)CCCCC1NC(=O)CC(=O)O. The van der Waals surface area contributed by atoms with Crippen LogP contribution in [0.4, 0.5) is 0 Å². The van der Waals surface area contributed by atoms with Crippen LogP contribution < -0.4 is 5.32 Å². The molecule has 2 N–H and O–H groups in total. The quantitative estimate of drug-likeness (QED) is 0.699. The monoisotopic (exact) mass is 213 g/mol. The second-order valence-corrected chi connectivity index (χ2v) is 4.92. The van der Waals surface area contributed by atoms with Crippen LogP contribution in [0.2, 0.25) is 0 Å². The average molecular weight is 213 g/mol. The van der Waals surface area contributed by atoms with Crippen LogP contribution in [0.25, 0.3) is 0 Å². The molecule has 1 atom stereocenters. The molecule has 0 aromatic rings. The Balaban J connectivity index is 2.49. The van der Waals surface area contributed by atoms with Gasteiger partial charge in [0, 0.05) is 6.04 Å². The number of nitrogens with one attached hydrogen (secondary N) is 1. The predicted octanol–water partition coefficient (Wildman–Crippen LogP) is 1.55. The Morgan fingerprint density at radius 2 is 2.07 bits per heavy atom. The van der Waals surface area contributed by atoms with Gasteiger partial charge in [-0.15, -0.1) is 0 Å². The molecule has 15 heavy (non-hydrogen) atoms. The van der Waals surface area contributed by atoms with Gasteiger partial charge in [-0.05, 0) is 18.3 Å². The molecule has 0 aromatic heterocycles. The number of carboxylic acid groups (broad SMARTS) is 1. The van der Waals surface area contributed by atoms with E-state index in [2.05, 4.69) is 19.2 Å². The summed E-state index contributed by atoms with van der Waals surface area (Å²) in [5, 5.41) is 11.3. The zero-order valence-corrected chi connectivity index (χ0v) is 9.38. The van der Waals surface area contributed by atoms with Gasteiger partial charge in [-0.25, -0.2) is 0 Å². The van der Waals surface area contributed by atoms with Crippen LogP contribution in [0.5, 0.6) is 0 Å². The van der Waals surface area contributed by atoms with E-state index in [9.17, 15) is 9.59 Å². The maximum Gasteiger partial charge on any atom is 0.312 e. The Labute approximate surface area is 90.0 Å². The summed E-state index contributed by atoms with van der Waals surface area (Å²) >= 11 is 0. The van der Waals surface area contributed by atoms with Gasteiger partial charge >= 0.3 is 5.97 Å². The first-order valence-electron chi connectivity index (χ1n) is 5.43. The molecule has 1 aliphatic carbocycles. The molecule has 1 aliphatic rings. The molecule has 0 spiro atoms. The van der Waals surface area contributed by atoms with Crippen molar-refractivity contribution < 1.29 is 14.7 Å². The summed E-state index contributed by atoms with van der Waals surface area (Å²) in [7, 11) is 0. The molecule has 1 saturated carbocycles. The Morgan fingerprint density at radius 1 is 1.40 bits per heavy atom. The molecular formula is C11H19NO3. The molecule has 0 bridgehead atoms. The van der Waals surface area contributed by atoms with Crippen molar-refractivity contribution in [2.24, 2.45) is 5.41 Å². The second-order valence-electron chi connectivity index (χ2n) is 4.92. The molecule has 0 saturated heterocycles. The summed E-state index contributed by atoms with van der Waals surface area (Å²) in [4.78, 5) is 21.7. The van der Waals surface area contributed by atoms with Crippen LogP contribution in [0.1, 0.15) is 46.0 Å². The zero-order valence-electron chi connectivity index (χ0n) is 9.38. The van der Waals surface area contributed by atoms with Crippen LogP contribution in [-0.2, 0) is 9.59 Å². The average Bonchev–Trinajstić information content (AvgIpc) is 2.07. The van der Waals surface area contributed by atoms with E-state index in [-0.39, 0.29) is 17.4 Å². The van der Waals surface area contributed by atoms with E-state index >= 15 is 0 Å². The number of amides is 1. The lowest BCUT2D eigenvalue weighted by atomic mass is 9.73. The van der Waals surface area contributed by atoms with Crippen LogP contribution in [0.3, 0.4) is 0 Å². The van der Waals surface area contributed by atoms with E-state index in [1.54, 1.807) is 0 Å². The van der Waals surface area contributed by atoms with Gasteiger partial charge in [0.05, 0.1) is 0 Å². The van der Waals surface area contributed by atoms with Crippen molar-refractivity contribution in [3.8, 4) is 0 Å². The van der Waals surface area contributed by atoms with Gasteiger partial charge in [0.25, 0.3) is 0 Å². The highest BCUT2D eigenvalue weighted by molar-refractivity contribution is 5.93. The van der Waals surface area contributed by atoms with Gasteiger partial charge in [-0.1, -0.05) is 26.7 Å². The Bertz CT molecular complexity index is 261. The third-order valence-corrected chi connectivity index (χ3v) is 3.15. The summed E-state index contributed by atoms with van der Waals surface area (Å²) in [6.07, 6.45) is 3.93. The smallest absolute Gasteiger partial charge is 0.312 e. The fourth-order valence-electron chi connectivity index (χ4n) is 2.14. The first kappa shape index (κ1) is 12.0. The van der Waals surface area contributed by atoms with Gasteiger partial charge in [-0.3, -0.25) is 9.59 Å². The molecule has 1 fully saturated rings. The van der Waals surface area contributed by atoms with Crippen molar-refractivity contribution in [1.29, 1.82) is 0 Å². The number of hydrogen-bond donors (Lipinski definition) is 2. The van der Waals surface area contributed by atoms with Crippen molar-refractivity contribution in [3.05, 3.63) is 0 Å². The molecule has 0 aromatic carbocycles. The highest BCUT2D eigenvalue weighted by Crippen LogP contribution is 2.35. The van der Waals surface area contributed by atoms with Crippen LogP contribution in [0, 0.1) is 5.41 Å². The van der Waals surface area contributed by atoms with Crippen LogP contribution >= 0.6 is 0 Å². The lowest BCUT2D eigenvalue weighted by Gasteiger charge is -2.38. The minimum atomic E-state index is -1.07. The number of carboxylic acids is 1. The predicted molar refractivity (Wildman–Crippen MR) is 56.4 cm³/mol. The molecule has 1 unspecified atom stereocenters. The van der Waals surface area contributed by atoms with E-state index in [4.69, 9.17) is 5.11 Å². The zero-order chi connectivity index (χ0) is 11.5. The molecule has 1 rings (SSSR count). The topological polar surface area (TPSA) is 66.4 Å². The number of aliphatic carboxylic acids is 1. The van der Waals surface area contributed by atoms with Gasteiger partial charge in [0.2, 0.25) is 5.91 Å². The van der Waals surface area contributed by atoms with Gasteiger partial charge in [0.15, 0.2) is 0 Å².